The first kappa shape index (κ1) is 125. The van der Waals surface area contributed by atoms with Crippen molar-refractivity contribution in [2.75, 3.05) is 357 Å². The summed E-state index contributed by atoms with van der Waals surface area (Å²) < 4.78 is 15.8. The van der Waals surface area contributed by atoms with Gasteiger partial charge in [0.15, 0.2) is 0 Å². The summed E-state index contributed by atoms with van der Waals surface area (Å²) in [5.74, 6) is 0. The maximum atomic E-state index is 8.74. The molecule has 798 valence electrons. The molecule has 0 aromatic heterocycles. The normalized spacial score (nSPS) is 23.7. The molecule has 0 aromatic rings. The van der Waals surface area contributed by atoms with E-state index in [9.17, 15) is 0 Å². The maximum absolute atomic E-state index is 8.74. The molecule has 0 aromatic carbocycles. The van der Waals surface area contributed by atoms with Gasteiger partial charge in [0, 0.05) is 300 Å². The number of rotatable bonds is 25. The van der Waals surface area contributed by atoms with Crippen LogP contribution in [0.15, 0.2) is 0 Å². The van der Waals surface area contributed by atoms with Crippen LogP contribution in [-0.4, -0.2) is 561 Å². The average molecular weight is 1900 g/mol. The molecule has 0 spiro atoms. The third-order valence-electron chi connectivity index (χ3n) is 31.8. The average Bonchev–Trinajstić information content (AvgIpc) is 0.882. The lowest BCUT2D eigenvalue weighted by atomic mass is 10.0. The molecular formula is C109H233N21O4. The quantitative estimate of drug-likeness (QED) is 0.0934. The number of aliphatic hydroxyl groups is 1. The molecule has 0 radical (unpaired) electrons. The molecule has 13 saturated heterocycles. The van der Waals surface area contributed by atoms with Gasteiger partial charge in [-0.05, 0) is 371 Å². The van der Waals surface area contributed by atoms with E-state index >= 15 is 0 Å². The monoisotopic (exact) mass is 1900 g/mol. The largest absolute Gasteiger partial charge is 0.395 e. The molecule has 25 nitrogen and oxygen atoms in total. The molecule has 0 bridgehead atoms. The van der Waals surface area contributed by atoms with Crippen LogP contribution in [0.1, 0.15) is 263 Å². The molecule has 13 heterocycles. The lowest BCUT2D eigenvalue weighted by Crippen LogP contribution is -2.54. The van der Waals surface area contributed by atoms with E-state index in [1.807, 2.05) is 0 Å². The van der Waals surface area contributed by atoms with Crippen LogP contribution < -0.4 is 0 Å². The number of ether oxygens (including phenoxy) is 3. The molecule has 0 amide bonds. The standard InChI is InChI=1S/2C13H27N3.C12H24N2.C12H26N2.C11H24N2.C10H22N2O.2C10H22N2.C9H20N2O.C9H19NO2/c1-12(2)15-6-4-13(5-7-15)16-10-8-14(3)9-11-16;1-12(2)15-8-10-16(11-9-15)13-4-6-14(3)7-5-13;1-11(2)13-9-5-12(6-10-13)14-7-3-4-8-14;1-12(2,3)13(4)10-11-14-8-6-5-7-9-14;1-10(2)12-6-8-13(9-7-12)11(3,4)5;1-10(2)12-6-4-11(5-7-12)8-9-13-3;1-9(2)12-7-5-10(6-8-12)11(3)4;1-9(2)11-5-7-12(8-6-11)10(3)4;1-9(2)11-5-3-10(4-6-11)7-8-12;1-9(2)12-8-5-10-3-6-11-7-4-10/h2*12-13H,4-11H2,1-3H3;11-12H,3-10H2,1-2H3;5-11H2,1-4H3;10H,6-9H2,1-5H3;10H,4-9H2,1-3H3;2*9-10H,5-8H2,1-4H3;9,12H,3-8H2,1-2H3;9H,3-8H2,1-2H3. The number of morpholine rings is 1. The number of piperazine rings is 6. The second-order valence-electron chi connectivity index (χ2n) is 46.9. The van der Waals surface area contributed by atoms with Crippen LogP contribution in [-0.2, 0) is 14.2 Å². The van der Waals surface area contributed by atoms with Crippen LogP contribution in [0.25, 0.3) is 0 Å². The van der Waals surface area contributed by atoms with E-state index in [0.29, 0.717) is 41.9 Å². The van der Waals surface area contributed by atoms with E-state index in [0.717, 1.165) is 146 Å². The summed E-state index contributed by atoms with van der Waals surface area (Å²) in [5, 5.41) is 8.74. The van der Waals surface area contributed by atoms with Gasteiger partial charge in [-0.15, -0.1) is 0 Å². The minimum atomic E-state index is 0.293. The topological polar surface area (TPSA) is 116 Å². The fraction of sp³-hybridized carbons (Fsp3) is 1.00. The number of piperidine rings is 5. The van der Waals surface area contributed by atoms with Crippen molar-refractivity contribution in [2.45, 2.75) is 359 Å². The van der Waals surface area contributed by atoms with E-state index in [-0.39, 0.29) is 0 Å². The number of hydrogen-bond donors (Lipinski definition) is 1. The summed E-state index contributed by atoms with van der Waals surface area (Å²) in [6, 6.07) is 9.91. The van der Waals surface area contributed by atoms with Crippen LogP contribution in [0.2, 0.25) is 0 Å². The van der Waals surface area contributed by atoms with Gasteiger partial charge in [-0.25, -0.2) is 0 Å². The Bertz CT molecular complexity index is 2570. The van der Waals surface area contributed by atoms with Gasteiger partial charge in [-0.1, -0.05) is 6.42 Å². The molecule has 1 N–H and O–H groups in total. The molecule has 13 fully saturated rings. The van der Waals surface area contributed by atoms with Gasteiger partial charge >= 0.3 is 0 Å². The Hall–Kier alpha value is -1.00. The minimum absolute atomic E-state index is 0.293. The van der Waals surface area contributed by atoms with Gasteiger partial charge in [0.1, 0.15) is 0 Å². The van der Waals surface area contributed by atoms with Gasteiger partial charge < -0.3 is 63.4 Å². The number of methoxy groups -OCH3 is 1. The number of nitrogens with zero attached hydrogens (tertiary/aromatic N) is 21. The van der Waals surface area contributed by atoms with Crippen molar-refractivity contribution >= 4 is 0 Å². The Morgan fingerprint density at radius 2 is 0.590 bits per heavy atom. The molecule has 25 heteroatoms. The molecule has 0 aliphatic carbocycles. The molecular weight excluding hydrogens is 1670 g/mol. The number of likely N-dealkylation sites (tertiary alicyclic amines) is 6. The van der Waals surface area contributed by atoms with E-state index in [1.54, 1.807) is 7.11 Å². The summed E-state index contributed by atoms with van der Waals surface area (Å²) in [7, 11) is 12.9. The highest BCUT2D eigenvalue weighted by molar-refractivity contribution is 4.90. The summed E-state index contributed by atoms with van der Waals surface area (Å²) in [5.41, 5.74) is 0.666. The van der Waals surface area contributed by atoms with Gasteiger partial charge in [-0.3, -0.25) is 58.8 Å². The van der Waals surface area contributed by atoms with Crippen molar-refractivity contribution < 1.29 is 19.3 Å². The lowest BCUT2D eigenvalue weighted by Gasteiger charge is -2.43. The van der Waals surface area contributed by atoms with Gasteiger partial charge in [0.05, 0.1) is 39.1 Å². The molecule has 0 saturated carbocycles. The Balaban J connectivity index is 0.000000312. The fourth-order valence-corrected chi connectivity index (χ4v) is 20.8. The first-order valence-electron chi connectivity index (χ1n) is 56.1. The van der Waals surface area contributed by atoms with Crippen molar-refractivity contribution in [3.63, 3.8) is 0 Å². The van der Waals surface area contributed by atoms with Crippen molar-refractivity contribution in [3.05, 3.63) is 0 Å². The predicted molar refractivity (Wildman–Crippen MR) is 579 cm³/mol. The lowest BCUT2D eigenvalue weighted by molar-refractivity contribution is 0.00964. The van der Waals surface area contributed by atoms with Crippen LogP contribution in [0.5, 0.6) is 0 Å². The van der Waals surface area contributed by atoms with Crippen LogP contribution in [0.3, 0.4) is 0 Å². The third kappa shape index (κ3) is 53.2. The van der Waals surface area contributed by atoms with E-state index < -0.39 is 0 Å². The Morgan fingerprint density at radius 1 is 0.306 bits per heavy atom. The zero-order valence-corrected chi connectivity index (χ0v) is 95.3. The first-order chi connectivity index (χ1) is 63.5. The van der Waals surface area contributed by atoms with Crippen LogP contribution in [0.4, 0.5) is 0 Å². The molecule has 13 rings (SSSR count). The number of β-amino-alcohol motifs (C(OH)–C–C–N with tert-alkyl or cyclic N) is 1. The highest BCUT2D eigenvalue weighted by atomic mass is 16.5. The third-order valence-corrected chi connectivity index (χ3v) is 31.8. The van der Waals surface area contributed by atoms with Gasteiger partial charge in [-0.2, -0.15) is 0 Å². The summed E-state index contributed by atoms with van der Waals surface area (Å²) >= 11 is 0. The highest BCUT2D eigenvalue weighted by Crippen LogP contribution is 2.26. The molecule has 13 aliphatic heterocycles. The fourth-order valence-electron chi connectivity index (χ4n) is 20.8. The molecule has 0 atom stereocenters. The number of hydrogen-bond acceptors (Lipinski definition) is 25. The summed E-state index contributed by atoms with van der Waals surface area (Å²) in [4.78, 5) is 53.3. The van der Waals surface area contributed by atoms with Crippen molar-refractivity contribution in [1.82, 2.24) is 103 Å². The first-order valence-corrected chi connectivity index (χ1v) is 56.1. The van der Waals surface area contributed by atoms with E-state index in [2.05, 4.69) is 318 Å². The molecule has 13 aliphatic rings. The zero-order chi connectivity index (χ0) is 99.5. The maximum Gasteiger partial charge on any atom is 0.0596 e. The van der Waals surface area contributed by atoms with Crippen molar-refractivity contribution in [3.8, 4) is 0 Å². The van der Waals surface area contributed by atoms with E-state index in [4.69, 9.17) is 19.3 Å². The zero-order valence-electron chi connectivity index (χ0n) is 95.3. The molecule has 134 heavy (non-hydrogen) atoms. The second-order valence-corrected chi connectivity index (χ2v) is 46.9. The highest BCUT2D eigenvalue weighted by Gasteiger charge is 2.33. The number of likely N-dealkylation sites (N-methyl/N-ethyl adjacent to an activating group) is 2. The second kappa shape index (κ2) is 69.9. The Morgan fingerprint density at radius 3 is 0.925 bits per heavy atom. The Labute approximate surface area is 833 Å². The van der Waals surface area contributed by atoms with Crippen molar-refractivity contribution in [2.24, 2.45) is 0 Å². The van der Waals surface area contributed by atoms with Crippen LogP contribution in [0, 0.1) is 0 Å². The Kier molecular flexibility index (Phi) is 65.4. The summed E-state index contributed by atoms with van der Waals surface area (Å²) in [6.45, 7) is 115. The van der Waals surface area contributed by atoms with Gasteiger partial charge in [0.2, 0.25) is 0 Å². The smallest absolute Gasteiger partial charge is 0.0596 e. The molecule has 0 unspecified atom stereocenters. The van der Waals surface area contributed by atoms with Crippen molar-refractivity contribution in [1.29, 1.82) is 0 Å². The number of aliphatic hydroxyl groups excluding tert-OH is 1. The van der Waals surface area contributed by atoms with Crippen LogP contribution >= 0.6 is 0 Å². The van der Waals surface area contributed by atoms with Gasteiger partial charge in [0.25, 0.3) is 0 Å². The minimum Gasteiger partial charge on any atom is -0.395 e. The predicted octanol–water partition coefficient (Wildman–Crippen LogP) is 12.4. The van der Waals surface area contributed by atoms with E-state index in [1.165, 1.54) is 306 Å². The summed E-state index contributed by atoms with van der Waals surface area (Å²) in [6.07, 6.45) is 18.4. The SMILES string of the molecule is CC(C)N1CCC(N(C)C)CC1.CC(C)N1CCC(N2CCCC2)CC1.CC(C)N1CCC(N2CCN(C)CC2)CC1.CC(C)N1CCN(C(C)(C)C)CC1.CC(C)N1CCN(C(C)C)CC1.CC(C)N1CCN(C2CCN(C)CC2)CC1.CC(C)N1CCN(CCO)CC1.CC(C)OCCN1CCOCC1.CN(CCN1CCCCC1)C(C)(C)C.COCCN1CCN(C(C)C)CC1.